The van der Waals surface area contributed by atoms with E-state index in [2.05, 4.69) is 26.6 Å². The van der Waals surface area contributed by atoms with Crippen LogP contribution in [0.2, 0.25) is 5.02 Å². The summed E-state index contributed by atoms with van der Waals surface area (Å²) in [6.07, 6.45) is -0.236. The van der Waals surface area contributed by atoms with E-state index in [4.69, 9.17) is 21.1 Å². The molecule has 3 rings (SSSR count). The van der Waals surface area contributed by atoms with E-state index < -0.39 is 18.5 Å². The highest BCUT2D eigenvalue weighted by Gasteiger charge is 2.12. The van der Waals surface area contributed by atoms with E-state index in [1.165, 1.54) is 0 Å². The number of hydrogen-bond acceptors (Lipinski definition) is 5. The molecule has 0 aromatic heterocycles. The van der Waals surface area contributed by atoms with Crippen molar-refractivity contribution in [3.63, 3.8) is 0 Å². The first-order chi connectivity index (χ1) is 16.7. The number of ether oxygens (including phenoxy) is 2. The summed E-state index contributed by atoms with van der Waals surface area (Å²) in [7, 11) is 0. The molecule has 2 amide bonds. The second-order valence-corrected chi connectivity index (χ2v) is 8.99. The summed E-state index contributed by atoms with van der Waals surface area (Å²) < 4.78 is 11.6. The fourth-order valence-electron chi connectivity index (χ4n) is 3.11. The number of rotatable bonds is 9. The lowest BCUT2D eigenvalue weighted by Crippen LogP contribution is -2.21. The van der Waals surface area contributed by atoms with Crippen molar-refractivity contribution in [3.05, 3.63) is 81.3 Å². The van der Waals surface area contributed by atoms with E-state index in [9.17, 15) is 14.4 Å². The monoisotopic (exact) mass is 558 g/mol. The number of amides is 2. The number of para-hydroxylation sites is 1. The number of halogens is 2. The predicted octanol–water partition coefficient (Wildman–Crippen LogP) is 6.41. The third-order valence-electron chi connectivity index (χ3n) is 4.89. The summed E-state index contributed by atoms with van der Waals surface area (Å²) in [5.74, 6) is -0.0602. The Hall–Kier alpha value is -3.36. The third kappa shape index (κ3) is 8.12. The smallest absolute Gasteiger partial charge is 0.306 e. The van der Waals surface area contributed by atoms with Gasteiger partial charge in [0.15, 0.2) is 6.61 Å². The van der Waals surface area contributed by atoms with E-state index in [-0.39, 0.29) is 18.7 Å². The number of carbonyl (C=O) groups excluding carboxylic acids is 3. The first-order valence-electron chi connectivity index (χ1n) is 10.8. The Labute approximate surface area is 216 Å². The van der Waals surface area contributed by atoms with Crippen LogP contribution < -0.4 is 15.4 Å². The molecular formula is C26H24BrClN2O5. The molecule has 0 atom stereocenters. The molecule has 0 radical (unpaired) electrons. The van der Waals surface area contributed by atoms with Crippen LogP contribution in [0.1, 0.15) is 24.0 Å². The van der Waals surface area contributed by atoms with Gasteiger partial charge < -0.3 is 20.1 Å². The molecule has 7 nitrogen and oxygen atoms in total. The zero-order valence-corrected chi connectivity index (χ0v) is 21.5. The van der Waals surface area contributed by atoms with Crippen LogP contribution in [0.3, 0.4) is 0 Å². The van der Waals surface area contributed by atoms with Gasteiger partial charge in [0.25, 0.3) is 5.91 Å². The van der Waals surface area contributed by atoms with E-state index >= 15 is 0 Å². The van der Waals surface area contributed by atoms with E-state index in [1.807, 2.05) is 32.0 Å². The Balaban J connectivity index is 1.39. The van der Waals surface area contributed by atoms with Crippen molar-refractivity contribution in [2.75, 3.05) is 17.2 Å². The van der Waals surface area contributed by atoms with Crippen molar-refractivity contribution in [1.29, 1.82) is 0 Å². The van der Waals surface area contributed by atoms with Gasteiger partial charge in [-0.25, -0.2) is 0 Å². The minimum atomic E-state index is -0.651. The lowest BCUT2D eigenvalue weighted by molar-refractivity contribution is -0.147. The van der Waals surface area contributed by atoms with Gasteiger partial charge in [0, 0.05) is 22.3 Å². The number of anilines is 2. The fraction of sp³-hybridized carbons (Fsp3) is 0.192. The van der Waals surface area contributed by atoms with Gasteiger partial charge in [0.1, 0.15) is 11.5 Å². The number of nitrogens with one attached hydrogen (secondary N) is 2. The molecule has 0 saturated heterocycles. The average molecular weight is 560 g/mol. The normalized spacial score (nSPS) is 10.4. The van der Waals surface area contributed by atoms with Gasteiger partial charge in [0.2, 0.25) is 5.91 Å². The van der Waals surface area contributed by atoms with Crippen molar-refractivity contribution < 1.29 is 23.9 Å². The SMILES string of the molecule is Cc1cccc(C)c1Oc1ccc(NC(=O)CCC(=O)OCC(=O)Nc2ccc(Br)c(Cl)c2)cc1. The molecule has 9 heteroatoms. The summed E-state index contributed by atoms with van der Waals surface area (Å²) in [5.41, 5.74) is 3.11. The largest absolute Gasteiger partial charge is 0.457 e. The van der Waals surface area contributed by atoms with Crippen LogP contribution in [-0.2, 0) is 19.1 Å². The van der Waals surface area contributed by atoms with Gasteiger partial charge in [0.05, 0.1) is 11.4 Å². The van der Waals surface area contributed by atoms with Crippen molar-refractivity contribution >= 4 is 56.7 Å². The Morgan fingerprint density at radius 3 is 2.14 bits per heavy atom. The standard InChI is InChI=1S/C26H24BrClN2O5/c1-16-4-3-5-17(2)26(16)35-20-9-6-18(7-10-20)29-23(31)12-13-25(33)34-15-24(32)30-19-8-11-21(27)22(28)14-19/h3-11,14H,12-13,15H2,1-2H3,(H,29,31)(H,30,32). The summed E-state index contributed by atoms with van der Waals surface area (Å²) >= 11 is 9.24. The molecule has 0 fully saturated rings. The quantitative estimate of drug-likeness (QED) is 0.295. The Morgan fingerprint density at radius 1 is 0.857 bits per heavy atom. The van der Waals surface area contributed by atoms with Crippen LogP contribution in [0.25, 0.3) is 0 Å². The highest BCUT2D eigenvalue weighted by Crippen LogP contribution is 2.29. The molecule has 3 aromatic rings. The van der Waals surface area contributed by atoms with Crippen molar-refractivity contribution in [3.8, 4) is 11.5 Å². The van der Waals surface area contributed by atoms with Crippen LogP contribution in [0.15, 0.2) is 65.1 Å². The molecule has 35 heavy (non-hydrogen) atoms. The van der Waals surface area contributed by atoms with Gasteiger partial charge in [-0.2, -0.15) is 0 Å². The van der Waals surface area contributed by atoms with E-state index in [1.54, 1.807) is 42.5 Å². The Kier molecular flexibility index (Phi) is 9.28. The highest BCUT2D eigenvalue weighted by atomic mass is 79.9. The zero-order valence-electron chi connectivity index (χ0n) is 19.2. The molecule has 0 saturated carbocycles. The van der Waals surface area contributed by atoms with Crippen molar-refractivity contribution in [1.82, 2.24) is 0 Å². The van der Waals surface area contributed by atoms with Crippen LogP contribution in [-0.4, -0.2) is 24.4 Å². The maximum absolute atomic E-state index is 12.2. The highest BCUT2D eigenvalue weighted by molar-refractivity contribution is 9.10. The Morgan fingerprint density at radius 2 is 1.49 bits per heavy atom. The van der Waals surface area contributed by atoms with Gasteiger partial charge in [-0.05, 0) is 83.4 Å². The van der Waals surface area contributed by atoms with Crippen LogP contribution in [0, 0.1) is 13.8 Å². The van der Waals surface area contributed by atoms with Gasteiger partial charge >= 0.3 is 5.97 Å². The minimum Gasteiger partial charge on any atom is -0.457 e. The molecule has 182 valence electrons. The summed E-state index contributed by atoms with van der Waals surface area (Å²) in [4.78, 5) is 36.0. The summed E-state index contributed by atoms with van der Waals surface area (Å²) in [5, 5.41) is 5.74. The van der Waals surface area contributed by atoms with Gasteiger partial charge in [-0.1, -0.05) is 29.8 Å². The maximum Gasteiger partial charge on any atom is 0.306 e. The fourth-order valence-corrected chi connectivity index (χ4v) is 3.54. The summed E-state index contributed by atoms with van der Waals surface area (Å²) in [6.45, 7) is 3.50. The minimum absolute atomic E-state index is 0.0799. The zero-order chi connectivity index (χ0) is 25.4. The Bertz CT molecular complexity index is 1210. The number of benzene rings is 3. The van der Waals surface area contributed by atoms with Crippen LogP contribution in [0.5, 0.6) is 11.5 Å². The number of aryl methyl sites for hydroxylation is 2. The molecule has 0 aliphatic carbocycles. The van der Waals surface area contributed by atoms with Crippen LogP contribution >= 0.6 is 27.5 Å². The number of carbonyl (C=O) groups is 3. The molecule has 2 N–H and O–H groups in total. The second-order valence-electron chi connectivity index (χ2n) is 7.73. The first-order valence-corrected chi connectivity index (χ1v) is 11.9. The average Bonchev–Trinajstić information content (AvgIpc) is 2.82. The molecule has 0 bridgehead atoms. The van der Waals surface area contributed by atoms with Gasteiger partial charge in [-0.15, -0.1) is 0 Å². The molecule has 0 aliphatic heterocycles. The molecule has 0 spiro atoms. The number of esters is 1. The van der Waals surface area contributed by atoms with E-state index in [0.29, 0.717) is 26.6 Å². The first kappa shape index (κ1) is 26.2. The molecule has 0 heterocycles. The molecular weight excluding hydrogens is 536 g/mol. The molecule has 0 unspecified atom stereocenters. The molecule has 3 aromatic carbocycles. The van der Waals surface area contributed by atoms with E-state index in [0.717, 1.165) is 16.9 Å². The lowest BCUT2D eigenvalue weighted by Gasteiger charge is -2.12. The summed E-state index contributed by atoms with van der Waals surface area (Å²) in [6, 6.07) is 17.8. The third-order valence-corrected chi connectivity index (χ3v) is 6.12. The molecule has 0 aliphatic rings. The number of hydrogen-bond donors (Lipinski definition) is 2. The van der Waals surface area contributed by atoms with Crippen molar-refractivity contribution in [2.45, 2.75) is 26.7 Å². The van der Waals surface area contributed by atoms with Gasteiger partial charge in [-0.3, -0.25) is 14.4 Å². The maximum atomic E-state index is 12.2. The topological polar surface area (TPSA) is 93.7 Å². The predicted molar refractivity (Wildman–Crippen MR) is 139 cm³/mol. The lowest BCUT2D eigenvalue weighted by atomic mass is 10.1. The second kappa shape index (κ2) is 12.4. The van der Waals surface area contributed by atoms with Crippen molar-refractivity contribution in [2.24, 2.45) is 0 Å². The van der Waals surface area contributed by atoms with Crippen LogP contribution in [0.4, 0.5) is 11.4 Å².